The maximum absolute atomic E-state index is 12.1. The Morgan fingerprint density at radius 3 is 2.70 bits per heavy atom. The Kier molecular flexibility index (Phi) is 6.16. The molecular weight excluding hydrogens is 294 g/mol. The lowest BCUT2D eigenvalue weighted by Gasteiger charge is -2.31. The molecule has 2 N–H and O–H groups in total. The van der Waals surface area contributed by atoms with Gasteiger partial charge in [-0.2, -0.15) is 0 Å². The molecular formula is C18H25NO4. The van der Waals surface area contributed by atoms with Crippen LogP contribution in [-0.2, 0) is 4.79 Å². The highest BCUT2D eigenvalue weighted by Gasteiger charge is 2.30. The number of nitrogens with one attached hydrogen (secondary N) is 1. The molecule has 0 bridgehead atoms. The first-order valence-electron chi connectivity index (χ1n) is 8.21. The average Bonchev–Trinajstić information content (AvgIpc) is 2.54. The summed E-state index contributed by atoms with van der Waals surface area (Å²) >= 11 is 0. The van der Waals surface area contributed by atoms with Gasteiger partial charge in [0.2, 0.25) is 5.91 Å². The highest BCUT2D eigenvalue weighted by Crippen LogP contribution is 2.29. The van der Waals surface area contributed by atoms with Gasteiger partial charge in [-0.1, -0.05) is 31.4 Å². The second-order valence-corrected chi connectivity index (χ2v) is 6.26. The van der Waals surface area contributed by atoms with Crippen LogP contribution in [0.25, 0.3) is 0 Å². The minimum Gasteiger partial charge on any atom is -0.491 e. The van der Waals surface area contributed by atoms with E-state index in [1.54, 1.807) is 24.3 Å². The molecule has 5 heteroatoms. The molecule has 1 aliphatic rings. The van der Waals surface area contributed by atoms with Crippen molar-refractivity contribution in [1.82, 2.24) is 5.32 Å². The first kappa shape index (κ1) is 17.5. The molecule has 0 aromatic heterocycles. The molecule has 2 rings (SSSR count). The van der Waals surface area contributed by atoms with Crippen LogP contribution < -0.4 is 10.1 Å². The SMILES string of the molecule is CC(=O)NCCC(=O)c1cccc(OCC2(O)CCCCC2)c1. The van der Waals surface area contributed by atoms with Gasteiger partial charge < -0.3 is 15.2 Å². The first-order chi connectivity index (χ1) is 11.0. The molecule has 0 atom stereocenters. The fraction of sp³-hybridized carbons (Fsp3) is 0.556. The summed E-state index contributed by atoms with van der Waals surface area (Å²) in [6.07, 6.45) is 5.02. The lowest BCUT2D eigenvalue weighted by molar-refractivity contribution is -0.118. The number of Topliss-reactive ketones (excluding diaryl/α,β-unsaturated/α-hetero) is 1. The normalized spacial score (nSPS) is 16.6. The largest absolute Gasteiger partial charge is 0.491 e. The Bertz CT molecular complexity index is 550. The van der Waals surface area contributed by atoms with E-state index in [0.29, 0.717) is 17.9 Å². The number of hydrogen-bond acceptors (Lipinski definition) is 4. The Morgan fingerprint density at radius 1 is 1.26 bits per heavy atom. The zero-order valence-corrected chi connectivity index (χ0v) is 13.6. The third-order valence-corrected chi connectivity index (χ3v) is 4.17. The standard InChI is InChI=1S/C18H25NO4/c1-14(20)19-11-8-17(21)15-6-5-7-16(12-15)23-13-18(22)9-3-2-4-10-18/h5-7,12,22H,2-4,8-11,13H2,1H3,(H,19,20). The molecule has 0 unspecified atom stereocenters. The van der Waals surface area contributed by atoms with E-state index in [4.69, 9.17) is 4.74 Å². The molecule has 0 heterocycles. The third-order valence-electron chi connectivity index (χ3n) is 4.17. The zero-order valence-electron chi connectivity index (χ0n) is 13.6. The van der Waals surface area contributed by atoms with Crippen LogP contribution in [0, 0.1) is 0 Å². The summed E-state index contributed by atoms with van der Waals surface area (Å²) in [6, 6.07) is 6.99. The van der Waals surface area contributed by atoms with Gasteiger partial charge in [0, 0.05) is 25.5 Å². The van der Waals surface area contributed by atoms with Gasteiger partial charge in [-0.05, 0) is 25.0 Å². The van der Waals surface area contributed by atoms with Crippen LogP contribution >= 0.6 is 0 Å². The van der Waals surface area contributed by atoms with Gasteiger partial charge in [-0.25, -0.2) is 0 Å². The number of hydrogen-bond donors (Lipinski definition) is 2. The highest BCUT2D eigenvalue weighted by atomic mass is 16.5. The summed E-state index contributed by atoms with van der Waals surface area (Å²) in [5.74, 6) is 0.408. The lowest BCUT2D eigenvalue weighted by atomic mass is 9.85. The second kappa shape index (κ2) is 8.11. The Morgan fingerprint density at radius 2 is 2.00 bits per heavy atom. The predicted octanol–water partition coefficient (Wildman–Crippen LogP) is 2.47. The Labute approximate surface area is 137 Å². The van der Waals surface area contributed by atoms with Gasteiger partial charge in [0.1, 0.15) is 12.4 Å². The van der Waals surface area contributed by atoms with Crippen molar-refractivity contribution < 1.29 is 19.4 Å². The number of ketones is 1. The van der Waals surface area contributed by atoms with Crippen LogP contribution in [0.15, 0.2) is 24.3 Å². The minimum absolute atomic E-state index is 0.0411. The molecule has 0 aliphatic heterocycles. The average molecular weight is 319 g/mol. The third kappa shape index (κ3) is 5.67. The molecule has 1 fully saturated rings. The van der Waals surface area contributed by atoms with Crippen LogP contribution in [0.5, 0.6) is 5.75 Å². The van der Waals surface area contributed by atoms with Crippen LogP contribution in [0.4, 0.5) is 0 Å². The number of carbonyl (C=O) groups excluding carboxylic acids is 2. The smallest absolute Gasteiger partial charge is 0.216 e. The summed E-state index contributed by atoms with van der Waals surface area (Å²) in [5, 5.41) is 13.1. The molecule has 1 aromatic rings. The van der Waals surface area contributed by atoms with Gasteiger partial charge in [0.15, 0.2) is 5.78 Å². The number of aliphatic hydroxyl groups is 1. The number of amides is 1. The monoisotopic (exact) mass is 319 g/mol. The molecule has 1 amide bonds. The molecule has 0 radical (unpaired) electrons. The molecule has 1 aliphatic carbocycles. The van der Waals surface area contributed by atoms with Crippen molar-refractivity contribution in [3.8, 4) is 5.75 Å². The van der Waals surface area contributed by atoms with Crippen molar-refractivity contribution in [1.29, 1.82) is 0 Å². The summed E-state index contributed by atoms with van der Waals surface area (Å²) < 4.78 is 5.71. The van der Waals surface area contributed by atoms with E-state index in [-0.39, 0.29) is 24.7 Å². The fourth-order valence-electron chi connectivity index (χ4n) is 2.83. The van der Waals surface area contributed by atoms with Crippen molar-refractivity contribution in [3.05, 3.63) is 29.8 Å². The molecule has 1 aromatic carbocycles. The quantitative estimate of drug-likeness (QED) is 0.757. The predicted molar refractivity (Wildman–Crippen MR) is 87.6 cm³/mol. The van der Waals surface area contributed by atoms with E-state index in [2.05, 4.69) is 5.32 Å². The first-order valence-corrected chi connectivity index (χ1v) is 8.21. The second-order valence-electron chi connectivity index (χ2n) is 6.26. The van der Waals surface area contributed by atoms with Crippen molar-refractivity contribution in [2.75, 3.05) is 13.2 Å². The number of ether oxygens (including phenoxy) is 1. The minimum atomic E-state index is -0.746. The van der Waals surface area contributed by atoms with Gasteiger partial charge in [-0.15, -0.1) is 0 Å². The van der Waals surface area contributed by atoms with Crippen molar-refractivity contribution in [2.24, 2.45) is 0 Å². The molecule has 5 nitrogen and oxygen atoms in total. The highest BCUT2D eigenvalue weighted by molar-refractivity contribution is 5.96. The Hall–Kier alpha value is -1.88. The van der Waals surface area contributed by atoms with E-state index in [1.165, 1.54) is 13.3 Å². The summed E-state index contributed by atoms with van der Waals surface area (Å²) in [6.45, 7) is 2.02. The van der Waals surface area contributed by atoms with Crippen LogP contribution in [-0.4, -0.2) is 35.5 Å². The Balaban J connectivity index is 1.88. The van der Waals surface area contributed by atoms with Gasteiger partial charge in [-0.3, -0.25) is 9.59 Å². The maximum Gasteiger partial charge on any atom is 0.216 e. The van der Waals surface area contributed by atoms with Crippen molar-refractivity contribution >= 4 is 11.7 Å². The summed E-state index contributed by atoms with van der Waals surface area (Å²) in [4.78, 5) is 22.9. The lowest BCUT2D eigenvalue weighted by Crippen LogP contribution is -2.37. The number of rotatable bonds is 7. The molecule has 126 valence electrons. The molecule has 23 heavy (non-hydrogen) atoms. The van der Waals surface area contributed by atoms with Crippen LogP contribution in [0.2, 0.25) is 0 Å². The van der Waals surface area contributed by atoms with Crippen LogP contribution in [0.3, 0.4) is 0 Å². The molecule has 1 saturated carbocycles. The zero-order chi connectivity index (χ0) is 16.7. The van der Waals surface area contributed by atoms with Crippen LogP contribution in [0.1, 0.15) is 55.8 Å². The number of benzene rings is 1. The van der Waals surface area contributed by atoms with Crippen molar-refractivity contribution in [3.63, 3.8) is 0 Å². The van der Waals surface area contributed by atoms with E-state index < -0.39 is 5.60 Å². The molecule has 0 saturated heterocycles. The van der Waals surface area contributed by atoms with E-state index in [9.17, 15) is 14.7 Å². The molecule has 0 spiro atoms. The van der Waals surface area contributed by atoms with Crippen molar-refractivity contribution in [2.45, 2.75) is 51.0 Å². The van der Waals surface area contributed by atoms with Gasteiger partial charge in [0.05, 0.1) is 5.60 Å². The maximum atomic E-state index is 12.1. The topological polar surface area (TPSA) is 75.6 Å². The number of carbonyl (C=O) groups is 2. The fourth-order valence-corrected chi connectivity index (χ4v) is 2.83. The van der Waals surface area contributed by atoms with Gasteiger partial charge in [0.25, 0.3) is 0 Å². The van der Waals surface area contributed by atoms with E-state index in [0.717, 1.165) is 25.7 Å². The summed E-state index contributed by atoms with van der Waals surface area (Å²) in [7, 11) is 0. The summed E-state index contributed by atoms with van der Waals surface area (Å²) in [5.41, 5.74) is -0.188. The van der Waals surface area contributed by atoms with E-state index >= 15 is 0 Å². The van der Waals surface area contributed by atoms with Gasteiger partial charge >= 0.3 is 0 Å². The van der Waals surface area contributed by atoms with E-state index in [1.807, 2.05) is 0 Å².